The van der Waals surface area contributed by atoms with Crippen LogP contribution < -0.4 is 0 Å². The van der Waals surface area contributed by atoms with E-state index in [-0.39, 0.29) is 0 Å². The van der Waals surface area contributed by atoms with Crippen molar-refractivity contribution in [2.75, 3.05) is 0 Å². The van der Waals surface area contributed by atoms with Gasteiger partial charge in [0.15, 0.2) is 0 Å². The quantitative estimate of drug-likeness (QED) is 0.196. The Morgan fingerprint density at radius 2 is 1.28 bits per heavy atom. The standard InChI is InChI=1S/C40H22N2S/c41-23-24-16-18-25(19-17-24)26-20-21-28-27-8-1-3-11-31(27)40(34(28)22-26)32-12-4-5-14-35(32)42-38-30(10-7-13-33(38)40)37-29-9-2-6-15-36(29)43-39(37)42/h1-22H. The van der Waals surface area contributed by atoms with Crippen LogP contribution in [0.15, 0.2) is 133 Å². The number of nitrogens with zero attached hydrogens (tertiary/aromatic N) is 2. The van der Waals surface area contributed by atoms with Gasteiger partial charge in [-0.05, 0) is 74.8 Å². The van der Waals surface area contributed by atoms with Crippen molar-refractivity contribution in [2.45, 2.75) is 5.41 Å². The molecule has 10 rings (SSSR count). The molecule has 1 spiro atoms. The van der Waals surface area contributed by atoms with Crippen molar-refractivity contribution < 1.29 is 0 Å². The highest BCUT2D eigenvalue weighted by Crippen LogP contribution is 2.62. The predicted octanol–water partition coefficient (Wildman–Crippen LogP) is 10.2. The smallest absolute Gasteiger partial charge is 0.109 e. The zero-order valence-electron chi connectivity index (χ0n) is 23.0. The van der Waals surface area contributed by atoms with Crippen LogP contribution in [0.5, 0.6) is 0 Å². The monoisotopic (exact) mass is 562 g/mol. The Morgan fingerprint density at radius 1 is 0.581 bits per heavy atom. The van der Waals surface area contributed by atoms with Crippen molar-refractivity contribution in [3.8, 4) is 34.0 Å². The van der Waals surface area contributed by atoms with Crippen LogP contribution in [0.3, 0.4) is 0 Å². The molecule has 0 saturated carbocycles. The highest BCUT2D eigenvalue weighted by Gasteiger charge is 2.51. The van der Waals surface area contributed by atoms with E-state index in [1.165, 1.54) is 70.3 Å². The lowest BCUT2D eigenvalue weighted by Crippen LogP contribution is -2.33. The molecule has 0 saturated heterocycles. The number of benzene rings is 6. The van der Waals surface area contributed by atoms with Gasteiger partial charge in [-0.15, -0.1) is 11.3 Å². The molecule has 0 amide bonds. The van der Waals surface area contributed by atoms with Crippen LogP contribution >= 0.6 is 11.3 Å². The SMILES string of the molecule is N#Cc1ccc(-c2ccc3c(c2)C2(c4ccccc4-3)c3ccccc3-n3c4sc5ccccc5c4c4cccc2c43)cc1. The summed E-state index contributed by atoms with van der Waals surface area (Å²) in [5, 5.41) is 13.4. The van der Waals surface area contributed by atoms with E-state index in [2.05, 4.69) is 132 Å². The first-order valence-electron chi connectivity index (χ1n) is 14.6. The van der Waals surface area contributed by atoms with Crippen LogP contribution in [0.1, 0.15) is 27.8 Å². The minimum atomic E-state index is -0.461. The van der Waals surface area contributed by atoms with Crippen molar-refractivity contribution in [2.24, 2.45) is 0 Å². The molecule has 2 aliphatic rings. The van der Waals surface area contributed by atoms with E-state index in [4.69, 9.17) is 0 Å². The molecule has 0 bridgehead atoms. The molecule has 3 heteroatoms. The average molecular weight is 563 g/mol. The van der Waals surface area contributed by atoms with Gasteiger partial charge < -0.3 is 4.57 Å². The summed E-state index contributed by atoms with van der Waals surface area (Å²) in [6.45, 7) is 0. The summed E-state index contributed by atoms with van der Waals surface area (Å²) in [6.07, 6.45) is 0. The van der Waals surface area contributed by atoms with Gasteiger partial charge in [0.2, 0.25) is 0 Å². The molecule has 0 N–H and O–H groups in total. The first-order valence-corrected chi connectivity index (χ1v) is 15.4. The van der Waals surface area contributed by atoms with E-state index in [9.17, 15) is 5.26 Å². The van der Waals surface area contributed by atoms with E-state index in [1.54, 1.807) is 0 Å². The van der Waals surface area contributed by atoms with Crippen LogP contribution in [-0.4, -0.2) is 4.57 Å². The molecular formula is C40H22N2S. The minimum absolute atomic E-state index is 0.461. The Balaban J connectivity index is 1.39. The Bertz CT molecular complexity index is 2520. The fraction of sp³-hybridized carbons (Fsp3) is 0.0250. The summed E-state index contributed by atoms with van der Waals surface area (Å²) >= 11 is 1.89. The van der Waals surface area contributed by atoms with Gasteiger partial charge in [-0.25, -0.2) is 0 Å². The van der Waals surface area contributed by atoms with Gasteiger partial charge in [-0.2, -0.15) is 5.26 Å². The maximum absolute atomic E-state index is 9.38. The number of para-hydroxylation sites is 2. The first kappa shape index (κ1) is 23.2. The van der Waals surface area contributed by atoms with Crippen molar-refractivity contribution in [3.05, 3.63) is 161 Å². The topological polar surface area (TPSA) is 28.7 Å². The number of nitriles is 1. The summed E-state index contributed by atoms with van der Waals surface area (Å²) < 4.78 is 3.86. The van der Waals surface area contributed by atoms with Gasteiger partial charge >= 0.3 is 0 Å². The van der Waals surface area contributed by atoms with Crippen LogP contribution in [0.25, 0.3) is 59.1 Å². The summed E-state index contributed by atoms with van der Waals surface area (Å²) in [5.74, 6) is 0. The molecule has 1 atom stereocenters. The number of fused-ring (bicyclic) bond motifs is 14. The molecule has 3 heterocycles. The van der Waals surface area contributed by atoms with Gasteiger partial charge in [-0.3, -0.25) is 0 Å². The summed E-state index contributed by atoms with van der Waals surface area (Å²) in [6, 6.07) is 50.9. The number of thiophene rings is 1. The van der Waals surface area contributed by atoms with E-state index < -0.39 is 5.41 Å². The summed E-state index contributed by atoms with van der Waals surface area (Å²) in [7, 11) is 0. The molecule has 8 aromatic rings. The summed E-state index contributed by atoms with van der Waals surface area (Å²) in [4.78, 5) is 1.31. The highest BCUT2D eigenvalue weighted by atomic mass is 32.1. The van der Waals surface area contributed by atoms with Crippen LogP contribution in [0.4, 0.5) is 0 Å². The van der Waals surface area contributed by atoms with Gasteiger partial charge in [-0.1, -0.05) is 103 Å². The number of hydrogen-bond acceptors (Lipinski definition) is 2. The third-order valence-corrected chi connectivity index (χ3v) is 10.8. The Labute approximate surface area is 252 Å². The van der Waals surface area contributed by atoms with Crippen molar-refractivity contribution in [1.82, 2.24) is 4.57 Å². The van der Waals surface area contributed by atoms with Gasteiger partial charge in [0.25, 0.3) is 0 Å². The second-order valence-electron chi connectivity index (χ2n) is 11.6. The van der Waals surface area contributed by atoms with Gasteiger partial charge in [0.1, 0.15) is 4.83 Å². The molecule has 198 valence electrons. The van der Waals surface area contributed by atoms with Crippen LogP contribution in [-0.2, 0) is 5.41 Å². The molecule has 1 aliphatic carbocycles. The number of rotatable bonds is 1. The average Bonchev–Trinajstić information content (AvgIpc) is 3.70. The van der Waals surface area contributed by atoms with E-state index in [1.807, 2.05) is 23.5 Å². The van der Waals surface area contributed by atoms with Crippen molar-refractivity contribution in [1.29, 1.82) is 5.26 Å². The maximum atomic E-state index is 9.38. The molecule has 0 radical (unpaired) electrons. The first-order chi connectivity index (χ1) is 21.3. The third kappa shape index (κ3) is 2.73. The Morgan fingerprint density at radius 3 is 2.16 bits per heavy atom. The highest BCUT2D eigenvalue weighted by molar-refractivity contribution is 7.25. The molecule has 0 fully saturated rings. The van der Waals surface area contributed by atoms with E-state index in [0.29, 0.717) is 5.56 Å². The van der Waals surface area contributed by atoms with E-state index in [0.717, 1.165) is 11.1 Å². The summed E-state index contributed by atoms with van der Waals surface area (Å²) in [5.41, 5.74) is 12.9. The molecule has 43 heavy (non-hydrogen) atoms. The van der Waals surface area contributed by atoms with E-state index >= 15 is 0 Å². The van der Waals surface area contributed by atoms with Crippen LogP contribution in [0, 0.1) is 11.3 Å². The Hall–Kier alpha value is -5.43. The molecule has 2 aromatic heterocycles. The largest absolute Gasteiger partial charge is 0.300 e. The minimum Gasteiger partial charge on any atom is -0.300 e. The fourth-order valence-corrected chi connectivity index (χ4v) is 9.22. The lowest BCUT2D eigenvalue weighted by Gasteiger charge is -2.39. The van der Waals surface area contributed by atoms with Crippen LogP contribution in [0.2, 0.25) is 0 Å². The van der Waals surface area contributed by atoms with Gasteiger partial charge in [0, 0.05) is 20.9 Å². The second-order valence-corrected chi connectivity index (χ2v) is 12.6. The van der Waals surface area contributed by atoms with Gasteiger partial charge in [0.05, 0.1) is 28.3 Å². The second kappa shape index (κ2) is 8.10. The normalized spacial score (nSPS) is 16.0. The molecule has 1 unspecified atom stereocenters. The third-order valence-electron chi connectivity index (χ3n) is 9.65. The molecule has 2 nitrogen and oxygen atoms in total. The maximum Gasteiger partial charge on any atom is 0.109 e. The lowest BCUT2D eigenvalue weighted by atomic mass is 9.65. The number of hydrogen-bond donors (Lipinski definition) is 0. The molecule has 6 aromatic carbocycles. The predicted molar refractivity (Wildman–Crippen MR) is 177 cm³/mol. The molecular weight excluding hydrogens is 541 g/mol. The van der Waals surface area contributed by atoms with Crippen molar-refractivity contribution in [3.63, 3.8) is 0 Å². The lowest BCUT2D eigenvalue weighted by molar-refractivity contribution is 0.749. The fourth-order valence-electron chi connectivity index (χ4n) is 7.98. The Kier molecular flexibility index (Phi) is 4.37. The van der Waals surface area contributed by atoms with Crippen molar-refractivity contribution >= 4 is 42.5 Å². The zero-order chi connectivity index (χ0) is 28.3. The molecule has 1 aliphatic heterocycles. The zero-order valence-corrected chi connectivity index (χ0v) is 23.8. The number of aromatic nitrogens is 1.